The van der Waals surface area contributed by atoms with E-state index in [0.29, 0.717) is 16.7 Å². The van der Waals surface area contributed by atoms with Crippen LogP contribution in [0.3, 0.4) is 0 Å². The van der Waals surface area contributed by atoms with Crippen LogP contribution in [0.5, 0.6) is 0 Å². The standard InChI is InChI=1S/C19H31N/c1-18-11-8-15-14(17(18)16(20)9-12-18)7-6-13-5-3-4-10-19(13,15)2/h13-15,17,20H,3-12H2,1-2H3/t13-,14-,15+,17-,18-,19+/m1/s1. The van der Waals surface area contributed by atoms with E-state index < -0.39 is 0 Å². The molecule has 1 nitrogen and oxygen atoms in total. The van der Waals surface area contributed by atoms with Crippen LogP contribution in [0, 0.1) is 39.9 Å². The van der Waals surface area contributed by atoms with Crippen molar-refractivity contribution in [2.24, 2.45) is 34.5 Å². The Balaban J connectivity index is 1.68. The number of hydrogen-bond donors (Lipinski definition) is 1. The van der Waals surface area contributed by atoms with Gasteiger partial charge in [-0.05, 0) is 80.0 Å². The number of hydrogen-bond acceptors (Lipinski definition) is 1. The summed E-state index contributed by atoms with van der Waals surface area (Å²) in [5.41, 5.74) is 2.25. The summed E-state index contributed by atoms with van der Waals surface area (Å²) < 4.78 is 0. The molecule has 6 atom stereocenters. The smallest absolute Gasteiger partial charge is 0.0129 e. The monoisotopic (exact) mass is 273 g/mol. The van der Waals surface area contributed by atoms with Gasteiger partial charge in [-0.3, -0.25) is 0 Å². The highest BCUT2D eigenvalue weighted by atomic mass is 14.7. The molecule has 0 aliphatic heterocycles. The molecule has 4 fully saturated rings. The van der Waals surface area contributed by atoms with E-state index in [9.17, 15) is 0 Å². The van der Waals surface area contributed by atoms with Gasteiger partial charge in [-0.25, -0.2) is 0 Å². The Labute approximate surface area is 124 Å². The third-order valence-corrected chi connectivity index (χ3v) is 8.21. The lowest BCUT2D eigenvalue weighted by Gasteiger charge is -2.59. The predicted octanol–water partition coefficient (Wildman–Crippen LogP) is 5.44. The van der Waals surface area contributed by atoms with Gasteiger partial charge in [0.15, 0.2) is 0 Å². The normalized spacial score (nSPS) is 55.0. The Morgan fingerprint density at radius 3 is 2.65 bits per heavy atom. The summed E-state index contributed by atoms with van der Waals surface area (Å²) in [6.45, 7) is 5.14. The fourth-order valence-electron chi connectivity index (χ4n) is 7.11. The molecule has 0 amide bonds. The van der Waals surface area contributed by atoms with E-state index >= 15 is 0 Å². The van der Waals surface area contributed by atoms with E-state index in [1.807, 2.05) is 0 Å². The van der Waals surface area contributed by atoms with Crippen molar-refractivity contribution in [1.82, 2.24) is 0 Å². The molecule has 0 unspecified atom stereocenters. The molecule has 1 heteroatoms. The SMILES string of the molecule is C[C@@]12CCC(=N)[C@H]1[C@@H]1CC[C@H]3CCCC[C@]3(C)[C@H]1CC2. The van der Waals surface area contributed by atoms with Crippen molar-refractivity contribution in [2.45, 2.75) is 78.1 Å². The second kappa shape index (κ2) is 4.34. The molecule has 0 spiro atoms. The molecule has 4 rings (SSSR count). The molecular formula is C19H31N. The van der Waals surface area contributed by atoms with E-state index in [2.05, 4.69) is 13.8 Å². The van der Waals surface area contributed by atoms with Crippen LogP contribution in [0.1, 0.15) is 78.1 Å². The minimum Gasteiger partial charge on any atom is -0.309 e. The number of rotatable bonds is 0. The molecule has 0 aromatic rings. The molecule has 0 aromatic heterocycles. The van der Waals surface area contributed by atoms with Crippen LogP contribution in [0.25, 0.3) is 0 Å². The minimum atomic E-state index is 0.496. The van der Waals surface area contributed by atoms with Gasteiger partial charge in [0, 0.05) is 11.6 Å². The van der Waals surface area contributed by atoms with Crippen molar-refractivity contribution in [3.8, 4) is 0 Å². The van der Waals surface area contributed by atoms with Crippen molar-refractivity contribution in [3.05, 3.63) is 0 Å². The van der Waals surface area contributed by atoms with E-state index in [1.165, 1.54) is 57.8 Å². The van der Waals surface area contributed by atoms with E-state index in [4.69, 9.17) is 5.41 Å². The number of fused-ring (bicyclic) bond motifs is 5. The lowest BCUT2D eigenvalue weighted by molar-refractivity contribution is -0.0909. The molecule has 4 aliphatic carbocycles. The highest BCUT2D eigenvalue weighted by Gasteiger charge is 2.58. The van der Waals surface area contributed by atoms with Gasteiger partial charge >= 0.3 is 0 Å². The zero-order chi connectivity index (χ0) is 14.0. The topological polar surface area (TPSA) is 23.9 Å². The lowest BCUT2D eigenvalue weighted by Crippen LogP contribution is -2.52. The maximum absolute atomic E-state index is 8.52. The minimum absolute atomic E-state index is 0.496. The van der Waals surface area contributed by atoms with Gasteiger partial charge in [0.1, 0.15) is 0 Å². The third-order valence-electron chi connectivity index (χ3n) is 8.21. The Hall–Kier alpha value is -0.330. The molecule has 0 bridgehead atoms. The first-order valence-corrected chi connectivity index (χ1v) is 9.12. The summed E-state index contributed by atoms with van der Waals surface area (Å²) >= 11 is 0. The summed E-state index contributed by atoms with van der Waals surface area (Å²) in [7, 11) is 0. The van der Waals surface area contributed by atoms with Crippen LogP contribution < -0.4 is 0 Å². The van der Waals surface area contributed by atoms with Gasteiger partial charge in [0.2, 0.25) is 0 Å². The summed E-state index contributed by atoms with van der Waals surface area (Å²) in [5, 5.41) is 8.52. The lowest BCUT2D eigenvalue weighted by atomic mass is 9.45. The Morgan fingerprint density at radius 2 is 1.80 bits per heavy atom. The second-order valence-corrected chi connectivity index (χ2v) is 8.99. The maximum Gasteiger partial charge on any atom is 0.0129 e. The van der Waals surface area contributed by atoms with Gasteiger partial charge in [-0.2, -0.15) is 0 Å². The maximum atomic E-state index is 8.52. The molecule has 4 aliphatic rings. The summed E-state index contributed by atoms with van der Waals surface area (Å²) in [6.07, 6.45) is 14.1. The fourth-order valence-corrected chi connectivity index (χ4v) is 7.11. The highest BCUT2D eigenvalue weighted by molar-refractivity contribution is 5.87. The fraction of sp³-hybridized carbons (Fsp3) is 0.947. The third kappa shape index (κ3) is 1.64. The van der Waals surface area contributed by atoms with Gasteiger partial charge in [-0.1, -0.05) is 26.7 Å². The zero-order valence-corrected chi connectivity index (χ0v) is 13.4. The average molecular weight is 273 g/mol. The molecule has 0 aromatic carbocycles. The van der Waals surface area contributed by atoms with Crippen LogP contribution in [-0.4, -0.2) is 5.71 Å². The molecular weight excluding hydrogens is 242 g/mol. The van der Waals surface area contributed by atoms with Crippen molar-refractivity contribution in [3.63, 3.8) is 0 Å². The van der Waals surface area contributed by atoms with Gasteiger partial charge < -0.3 is 5.41 Å². The second-order valence-electron chi connectivity index (χ2n) is 8.99. The largest absolute Gasteiger partial charge is 0.309 e. The molecule has 1 N–H and O–H groups in total. The predicted molar refractivity (Wildman–Crippen MR) is 84.1 cm³/mol. The van der Waals surface area contributed by atoms with Crippen molar-refractivity contribution in [2.75, 3.05) is 0 Å². The molecule has 4 saturated carbocycles. The average Bonchev–Trinajstić information content (AvgIpc) is 2.74. The van der Waals surface area contributed by atoms with Gasteiger partial charge in [0.05, 0.1) is 0 Å². The van der Waals surface area contributed by atoms with Crippen molar-refractivity contribution < 1.29 is 0 Å². The Morgan fingerprint density at radius 1 is 0.950 bits per heavy atom. The highest BCUT2D eigenvalue weighted by Crippen LogP contribution is 2.65. The van der Waals surface area contributed by atoms with Crippen molar-refractivity contribution >= 4 is 5.71 Å². The molecule has 0 radical (unpaired) electrons. The Kier molecular flexibility index (Phi) is 2.89. The molecule has 0 heterocycles. The first kappa shape index (κ1) is 13.3. The first-order valence-electron chi connectivity index (χ1n) is 9.12. The zero-order valence-electron chi connectivity index (χ0n) is 13.4. The van der Waals surface area contributed by atoms with Crippen LogP contribution in [0.2, 0.25) is 0 Å². The molecule has 20 heavy (non-hydrogen) atoms. The first-order chi connectivity index (χ1) is 9.55. The van der Waals surface area contributed by atoms with Crippen LogP contribution in [0.15, 0.2) is 0 Å². The number of nitrogens with one attached hydrogen (secondary N) is 1. The van der Waals surface area contributed by atoms with E-state index in [-0.39, 0.29) is 0 Å². The van der Waals surface area contributed by atoms with Crippen molar-refractivity contribution in [1.29, 1.82) is 5.41 Å². The molecule has 112 valence electrons. The van der Waals surface area contributed by atoms with Gasteiger partial charge in [-0.15, -0.1) is 0 Å². The van der Waals surface area contributed by atoms with Crippen LogP contribution >= 0.6 is 0 Å². The summed E-state index contributed by atoms with van der Waals surface area (Å²) in [6, 6.07) is 0. The summed E-state index contributed by atoms with van der Waals surface area (Å²) in [5.74, 6) is 3.47. The summed E-state index contributed by atoms with van der Waals surface area (Å²) in [4.78, 5) is 0. The Bertz CT molecular complexity index is 427. The van der Waals surface area contributed by atoms with Gasteiger partial charge in [0.25, 0.3) is 0 Å². The van der Waals surface area contributed by atoms with E-state index in [0.717, 1.165) is 29.9 Å². The quantitative estimate of drug-likeness (QED) is 0.608. The molecule has 0 saturated heterocycles. The van der Waals surface area contributed by atoms with Crippen LogP contribution in [0.4, 0.5) is 0 Å². The van der Waals surface area contributed by atoms with Crippen LogP contribution in [-0.2, 0) is 0 Å². The van der Waals surface area contributed by atoms with E-state index in [1.54, 1.807) is 0 Å².